The van der Waals surface area contributed by atoms with Crippen molar-refractivity contribution < 1.29 is 13.2 Å². The van der Waals surface area contributed by atoms with Gasteiger partial charge in [-0.1, -0.05) is 6.92 Å². The number of aromatic nitrogens is 4. The molecule has 0 atom stereocenters. The second kappa shape index (κ2) is 3.86. The predicted molar refractivity (Wildman–Crippen MR) is 55.0 cm³/mol. The van der Waals surface area contributed by atoms with Crippen molar-refractivity contribution in [2.75, 3.05) is 5.73 Å². The van der Waals surface area contributed by atoms with E-state index in [1.807, 2.05) is 6.92 Å². The number of hydrogen-bond donors (Lipinski definition) is 1. The van der Waals surface area contributed by atoms with Crippen LogP contribution in [-0.4, -0.2) is 19.5 Å². The van der Waals surface area contributed by atoms with E-state index in [4.69, 9.17) is 5.73 Å². The molecule has 0 fully saturated rings. The molecule has 2 N–H and O–H groups in total. The first kappa shape index (κ1) is 11.6. The van der Waals surface area contributed by atoms with Crippen molar-refractivity contribution in [1.29, 1.82) is 0 Å². The number of rotatable bonds is 2. The van der Waals surface area contributed by atoms with E-state index in [-0.39, 0.29) is 17.0 Å². The molecule has 5 nitrogen and oxygen atoms in total. The van der Waals surface area contributed by atoms with E-state index in [0.717, 1.165) is 6.42 Å². The third-order valence-corrected chi connectivity index (χ3v) is 2.21. The van der Waals surface area contributed by atoms with Crippen LogP contribution in [0.15, 0.2) is 6.33 Å². The molecule has 2 aromatic heterocycles. The number of halogens is 3. The Labute approximate surface area is 94.5 Å². The minimum absolute atomic E-state index is 0.117. The van der Waals surface area contributed by atoms with Crippen LogP contribution < -0.4 is 5.73 Å². The number of hydrogen-bond acceptors (Lipinski definition) is 4. The lowest BCUT2D eigenvalue weighted by molar-refractivity contribution is -0.144. The van der Waals surface area contributed by atoms with Gasteiger partial charge in [0, 0.05) is 6.54 Å². The maximum absolute atomic E-state index is 12.5. The van der Waals surface area contributed by atoms with Crippen molar-refractivity contribution in [3.8, 4) is 0 Å². The molecule has 0 aliphatic rings. The van der Waals surface area contributed by atoms with Crippen LogP contribution in [-0.2, 0) is 12.7 Å². The molecule has 8 heteroatoms. The van der Waals surface area contributed by atoms with E-state index in [0.29, 0.717) is 6.54 Å². The van der Waals surface area contributed by atoms with Gasteiger partial charge in [0.15, 0.2) is 11.5 Å². The largest absolute Gasteiger partial charge is 0.451 e. The number of nitrogens with two attached hydrogens (primary N) is 1. The summed E-state index contributed by atoms with van der Waals surface area (Å²) in [5.41, 5.74) is 5.75. The molecule has 0 saturated heterocycles. The molecule has 2 aromatic rings. The van der Waals surface area contributed by atoms with Crippen molar-refractivity contribution in [2.24, 2.45) is 0 Å². The fourth-order valence-electron chi connectivity index (χ4n) is 1.50. The van der Waals surface area contributed by atoms with Gasteiger partial charge in [-0.2, -0.15) is 13.2 Å². The van der Waals surface area contributed by atoms with Crippen LogP contribution in [0.4, 0.5) is 19.0 Å². The number of imidazole rings is 1. The minimum atomic E-state index is -4.61. The first-order chi connectivity index (χ1) is 7.93. The number of alkyl halides is 3. The monoisotopic (exact) mass is 245 g/mol. The van der Waals surface area contributed by atoms with Crippen LogP contribution in [0.5, 0.6) is 0 Å². The molecule has 0 unspecified atom stereocenters. The van der Waals surface area contributed by atoms with Gasteiger partial charge >= 0.3 is 6.18 Å². The van der Waals surface area contributed by atoms with Gasteiger partial charge in [-0.05, 0) is 6.42 Å². The molecule has 0 bridgehead atoms. The zero-order valence-corrected chi connectivity index (χ0v) is 8.99. The van der Waals surface area contributed by atoms with Crippen LogP contribution in [0, 0.1) is 0 Å². The summed E-state index contributed by atoms with van der Waals surface area (Å²) in [6.07, 6.45) is -2.43. The normalized spacial score (nSPS) is 12.2. The van der Waals surface area contributed by atoms with Gasteiger partial charge in [-0.25, -0.2) is 15.0 Å². The van der Waals surface area contributed by atoms with Crippen LogP contribution in [0.2, 0.25) is 0 Å². The lowest BCUT2D eigenvalue weighted by atomic mass is 10.4. The molecule has 2 heterocycles. The van der Waals surface area contributed by atoms with Crippen molar-refractivity contribution in [3.63, 3.8) is 0 Å². The van der Waals surface area contributed by atoms with Gasteiger partial charge in [-0.15, -0.1) is 0 Å². The van der Waals surface area contributed by atoms with E-state index in [1.54, 1.807) is 0 Å². The number of nitrogen functional groups attached to an aromatic ring is 1. The van der Waals surface area contributed by atoms with Gasteiger partial charge < -0.3 is 10.3 Å². The van der Waals surface area contributed by atoms with Crippen LogP contribution in [0.25, 0.3) is 11.2 Å². The Morgan fingerprint density at radius 1 is 1.35 bits per heavy atom. The highest BCUT2D eigenvalue weighted by molar-refractivity contribution is 5.81. The molecular formula is C9H10F3N5. The summed E-state index contributed by atoms with van der Waals surface area (Å²) in [5.74, 6) is -1.49. The summed E-state index contributed by atoms with van der Waals surface area (Å²) >= 11 is 0. The lowest BCUT2D eigenvalue weighted by Gasteiger charge is -2.07. The quantitative estimate of drug-likeness (QED) is 0.876. The highest BCUT2D eigenvalue weighted by atomic mass is 19.4. The molecule has 92 valence electrons. The molecule has 0 aliphatic carbocycles. The van der Waals surface area contributed by atoms with Gasteiger partial charge in [0.2, 0.25) is 5.82 Å². The third kappa shape index (κ3) is 2.02. The van der Waals surface area contributed by atoms with Crippen LogP contribution >= 0.6 is 0 Å². The lowest BCUT2D eigenvalue weighted by Crippen LogP contribution is -2.13. The molecular weight excluding hydrogens is 235 g/mol. The van der Waals surface area contributed by atoms with Crippen molar-refractivity contribution in [3.05, 3.63) is 12.2 Å². The average molecular weight is 245 g/mol. The van der Waals surface area contributed by atoms with Crippen molar-refractivity contribution in [2.45, 2.75) is 26.1 Å². The number of nitrogens with zero attached hydrogens (tertiary/aromatic N) is 4. The second-order valence-electron chi connectivity index (χ2n) is 3.54. The Morgan fingerprint density at radius 2 is 2.06 bits per heavy atom. The van der Waals surface area contributed by atoms with Gasteiger partial charge in [0.1, 0.15) is 5.52 Å². The first-order valence-electron chi connectivity index (χ1n) is 4.99. The first-order valence-corrected chi connectivity index (χ1v) is 4.99. The van der Waals surface area contributed by atoms with E-state index in [9.17, 15) is 13.2 Å². The molecule has 0 spiro atoms. The van der Waals surface area contributed by atoms with E-state index >= 15 is 0 Å². The molecule has 0 amide bonds. The summed E-state index contributed by atoms with van der Waals surface area (Å²) < 4.78 is 39.1. The van der Waals surface area contributed by atoms with E-state index in [2.05, 4.69) is 15.0 Å². The molecule has 2 rings (SSSR count). The van der Waals surface area contributed by atoms with Crippen molar-refractivity contribution in [1.82, 2.24) is 19.5 Å². The Hall–Kier alpha value is -1.86. The number of aryl methyl sites for hydroxylation is 1. The zero-order chi connectivity index (χ0) is 12.6. The Morgan fingerprint density at radius 3 is 2.65 bits per heavy atom. The Balaban J connectivity index is 2.65. The second-order valence-corrected chi connectivity index (χ2v) is 3.54. The SMILES string of the molecule is CCCn1cnc2c(N)nc(C(F)(F)F)nc21. The predicted octanol–water partition coefficient (Wildman–Crippen LogP) is 1.84. The maximum atomic E-state index is 12.5. The van der Waals surface area contributed by atoms with Crippen LogP contribution in [0.3, 0.4) is 0 Å². The van der Waals surface area contributed by atoms with E-state index < -0.39 is 12.0 Å². The molecule has 0 saturated carbocycles. The zero-order valence-electron chi connectivity index (χ0n) is 8.99. The standard InChI is InChI=1S/C9H10F3N5/c1-2-3-17-4-14-5-6(13)15-8(9(10,11)12)16-7(5)17/h4H,2-3H2,1H3,(H2,13,15,16). The summed E-state index contributed by atoms with van der Waals surface area (Å²) in [5, 5.41) is 0. The molecule has 0 aliphatic heterocycles. The number of anilines is 1. The number of fused-ring (bicyclic) bond motifs is 1. The Kier molecular flexibility index (Phi) is 2.64. The highest BCUT2D eigenvalue weighted by Crippen LogP contribution is 2.28. The minimum Gasteiger partial charge on any atom is -0.382 e. The fourth-order valence-corrected chi connectivity index (χ4v) is 1.50. The Bertz CT molecular complexity index is 545. The maximum Gasteiger partial charge on any atom is 0.451 e. The summed E-state index contributed by atoms with van der Waals surface area (Å²) in [4.78, 5) is 10.6. The van der Waals surface area contributed by atoms with E-state index in [1.165, 1.54) is 10.9 Å². The van der Waals surface area contributed by atoms with Gasteiger partial charge in [0.05, 0.1) is 6.33 Å². The van der Waals surface area contributed by atoms with Gasteiger partial charge in [0.25, 0.3) is 0 Å². The van der Waals surface area contributed by atoms with Gasteiger partial charge in [-0.3, -0.25) is 0 Å². The fraction of sp³-hybridized carbons (Fsp3) is 0.444. The summed E-state index contributed by atoms with van der Waals surface area (Å²) in [6, 6.07) is 0. The summed E-state index contributed by atoms with van der Waals surface area (Å²) in [7, 11) is 0. The molecule has 17 heavy (non-hydrogen) atoms. The molecule has 0 radical (unpaired) electrons. The molecule has 0 aromatic carbocycles. The third-order valence-electron chi connectivity index (χ3n) is 2.21. The topological polar surface area (TPSA) is 69.6 Å². The average Bonchev–Trinajstić information content (AvgIpc) is 2.61. The summed E-state index contributed by atoms with van der Waals surface area (Å²) in [6.45, 7) is 2.44. The smallest absolute Gasteiger partial charge is 0.382 e. The highest BCUT2D eigenvalue weighted by Gasteiger charge is 2.36. The van der Waals surface area contributed by atoms with Crippen LogP contribution in [0.1, 0.15) is 19.2 Å². The van der Waals surface area contributed by atoms with Crippen molar-refractivity contribution >= 4 is 17.0 Å².